The molecule has 1 saturated heterocycles. The largest absolute Gasteiger partial charge is 0.573 e. The van der Waals surface area contributed by atoms with Gasteiger partial charge in [-0.1, -0.05) is 24.3 Å². The molecule has 1 N–H and O–H groups in total. The van der Waals surface area contributed by atoms with Crippen molar-refractivity contribution in [2.24, 2.45) is 0 Å². The first-order valence-electron chi connectivity index (χ1n) is 8.91. The van der Waals surface area contributed by atoms with E-state index in [0.29, 0.717) is 5.75 Å². The summed E-state index contributed by atoms with van der Waals surface area (Å²) in [6.45, 7) is 4.52. The van der Waals surface area contributed by atoms with Gasteiger partial charge >= 0.3 is 12.3 Å². The first kappa shape index (κ1) is 20.2. The highest BCUT2D eigenvalue weighted by atomic mass is 19.4. The Morgan fingerprint density at radius 3 is 2.32 bits per heavy atom. The van der Waals surface area contributed by atoms with Gasteiger partial charge in [-0.3, -0.25) is 9.69 Å². The number of nitrogens with one attached hydrogen (secondary N) is 1. The minimum Gasteiger partial charge on any atom is -0.427 e. The van der Waals surface area contributed by atoms with Gasteiger partial charge in [-0.15, -0.1) is 13.2 Å². The summed E-state index contributed by atoms with van der Waals surface area (Å²) < 4.78 is 46.4. The second-order valence-corrected chi connectivity index (χ2v) is 6.47. The molecule has 8 heteroatoms. The summed E-state index contributed by atoms with van der Waals surface area (Å²) in [5.74, 6) is -0.240. The highest BCUT2D eigenvalue weighted by molar-refractivity contribution is 5.69. The van der Waals surface area contributed by atoms with E-state index in [9.17, 15) is 18.0 Å². The van der Waals surface area contributed by atoms with E-state index in [1.807, 2.05) is 6.07 Å². The number of benzene rings is 2. The number of ether oxygens (including phenoxy) is 2. The van der Waals surface area contributed by atoms with Gasteiger partial charge in [-0.05, 0) is 35.4 Å². The molecule has 0 spiro atoms. The van der Waals surface area contributed by atoms with Gasteiger partial charge in [0.05, 0.1) is 6.04 Å². The Labute approximate surface area is 161 Å². The lowest BCUT2D eigenvalue weighted by atomic mass is 9.96. The SMILES string of the molecule is CC(=O)Oc1cccc([C@H](c2ccc(OC(F)(F)F)cc2)N2CCNCC2)c1. The third-order valence-corrected chi connectivity index (χ3v) is 4.38. The average molecular weight is 394 g/mol. The fraction of sp³-hybridized carbons (Fsp3) is 0.350. The van der Waals surface area contributed by atoms with Gasteiger partial charge in [-0.2, -0.15) is 0 Å². The molecule has 28 heavy (non-hydrogen) atoms. The highest BCUT2D eigenvalue weighted by Gasteiger charge is 2.31. The van der Waals surface area contributed by atoms with Crippen molar-refractivity contribution in [3.05, 3.63) is 59.7 Å². The Hall–Kier alpha value is -2.58. The first-order chi connectivity index (χ1) is 13.3. The summed E-state index contributed by atoms with van der Waals surface area (Å²) in [6.07, 6.45) is -4.72. The number of nitrogens with zero attached hydrogens (tertiary/aromatic N) is 1. The highest BCUT2D eigenvalue weighted by Crippen LogP contribution is 2.33. The summed E-state index contributed by atoms with van der Waals surface area (Å²) in [7, 11) is 0. The van der Waals surface area contributed by atoms with Crippen LogP contribution in [-0.2, 0) is 4.79 Å². The maximum atomic E-state index is 12.4. The van der Waals surface area contributed by atoms with Gasteiger partial charge in [-0.25, -0.2) is 0 Å². The normalized spacial score (nSPS) is 16.4. The molecule has 0 bridgehead atoms. The molecule has 1 fully saturated rings. The molecular weight excluding hydrogens is 373 g/mol. The van der Waals surface area contributed by atoms with E-state index in [2.05, 4.69) is 15.0 Å². The van der Waals surface area contributed by atoms with E-state index in [0.717, 1.165) is 37.3 Å². The van der Waals surface area contributed by atoms with Crippen LogP contribution in [0, 0.1) is 0 Å². The van der Waals surface area contributed by atoms with Crippen LogP contribution in [0.15, 0.2) is 48.5 Å². The zero-order chi connectivity index (χ0) is 20.1. The summed E-state index contributed by atoms with van der Waals surface area (Å²) in [5.41, 5.74) is 1.72. The van der Waals surface area contributed by atoms with Crippen LogP contribution >= 0.6 is 0 Å². The van der Waals surface area contributed by atoms with Crippen LogP contribution in [0.3, 0.4) is 0 Å². The zero-order valence-electron chi connectivity index (χ0n) is 15.3. The predicted octanol–water partition coefficient (Wildman–Crippen LogP) is 3.51. The number of hydrogen-bond donors (Lipinski definition) is 1. The van der Waals surface area contributed by atoms with Crippen molar-refractivity contribution in [2.45, 2.75) is 19.3 Å². The van der Waals surface area contributed by atoms with E-state index in [1.54, 1.807) is 30.3 Å². The van der Waals surface area contributed by atoms with Crippen LogP contribution in [0.25, 0.3) is 0 Å². The molecule has 1 atom stereocenters. The maximum absolute atomic E-state index is 12.4. The Balaban J connectivity index is 1.92. The van der Waals surface area contributed by atoms with Crippen LogP contribution < -0.4 is 14.8 Å². The number of halogens is 3. The summed E-state index contributed by atoms with van der Waals surface area (Å²) in [5, 5.41) is 3.29. The van der Waals surface area contributed by atoms with Gasteiger partial charge in [0, 0.05) is 33.1 Å². The minimum atomic E-state index is -4.72. The third kappa shape index (κ3) is 5.46. The molecule has 2 aromatic carbocycles. The fourth-order valence-corrected chi connectivity index (χ4v) is 3.32. The summed E-state index contributed by atoms with van der Waals surface area (Å²) in [6, 6.07) is 12.9. The first-order valence-corrected chi connectivity index (χ1v) is 8.91. The quantitative estimate of drug-likeness (QED) is 0.621. The molecule has 1 aliphatic heterocycles. The van der Waals surface area contributed by atoms with E-state index in [1.165, 1.54) is 19.1 Å². The van der Waals surface area contributed by atoms with Crippen molar-refractivity contribution < 1.29 is 27.4 Å². The van der Waals surface area contributed by atoms with E-state index in [-0.39, 0.29) is 11.8 Å². The van der Waals surface area contributed by atoms with Gasteiger partial charge in [0.25, 0.3) is 0 Å². The Kier molecular flexibility index (Phi) is 6.21. The topological polar surface area (TPSA) is 50.8 Å². The van der Waals surface area contributed by atoms with E-state index in [4.69, 9.17) is 4.74 Å². The number of alkyl halides is 3. The number of esters is 1. The van der Waals surface area contributed by atoms with Crippen molar-refractivity contribution in [3.8, 4) is 11.5 Å². The molecule has 0 amide bonds. The van der Waals surface area contributed by atoms with Crippen molar-refractivity contribution in [1.82, 2.24) is 10.2 Å². The van der Waals surface area contributed by atoms with Crippen LogP contribution in [0.5, 0.6) is 11.5 Å². The Morgan fingerprint density at radius 2 is 1.71 bits per heavy atom. The molecule has 150 valence electrons. The van der Waals surface area contributed by atoms with E-state index < -0.39 is 12.3 Å². The molecule has 2 aromatic rings. The molecular formula is C20H21F3N2O3. The molecule has 0 aliphatic carbocycles. The van der Waals surface area contributed by atoms with Crippen LogP contribution in [-0.4, -0.2) is 43.4 Å². The fourth-order valence-electron chi connectivity index (χ4n) is 3.32. The standard InChI is InChI=1S/C20H21F3N2O3/c1-14(26)27-18-4-2-3-16(13-18)19(25-11-9-24-10-12-25)15-5-7-17(8-6-15)28-20(21,22)23/h2-8,13,19,24H,9-12H2,1H3/t19-/m0/s1. The summed E-state index contributed by atoms with van der Waals surface area (Å²) >= 11 is 0. The van der Waals surface area contributed by atoms with Crippen LogP contribution in [0.4, 0.5) is 13.2 Å². The number of carbonyl (C=O) groups is 1. The summed E-state index contributed by atoms with van der Waals surface area (Å²) in [4.78, 5) is 13.5. The van der Waals surface area contributed by atoms with Crippen LogP contribution in [0.1, 0.15) is 24.1 Å². The third-order valence-electron chi connectivity index (χ3n) is 4.38. The lowest BCUT2D eigenvalue weighted by Crippen LogP contribution is -2.45. The number of carbonyl (C=O) groups excluding carboxylic acids is 1. The molecule has 0 aromatic heterocycles. The molecule has 5 nitrogen and oxygen atoms in total. The number of hydrogen-bond acceptors (Lipinski definition) is 5. The van der Waals surface area contributed by atoms with E-state index >= 15 is 0 Å². The number of piperazine rings is 1. The van der Waals surface area contributed by atoms with Gasteiger partial charge < -0.3 is 14.8 Å². The van der Waals surface area contributed by atoms with Gasteiger partial charge in [0.2, 0.25) is 0 Å². The van der Waals surface area contributed by atoms with Crippen molar-refractivity contribution in [2.75, 3.05) is 26.2 Å². The molecule has 3 rings (SSSR count). The number of rotatable bonds is 5. The average Bonchev–Trinajstić information content (AvgIpc) is 2.63. The molecule has 0 unspecified atom stereocenters. The second kappa shape index (κ2) is 8.62. The van der Waals surface area contributed by atoms with Gasteiger partial charge in [0.15, 0.2) is 0 Å². The monoisotopic (exact) mass is 394 g/mol. The second-order valence-electron chi connectivity index (χ2n) is 6.47. The molecule has 1 aliphatic rings. The van der Waals surface area contributed by atoms with Crippen molar-refractivity contribution in [3.63, 3.8) is 0 Å². The van der Waals surface area contributed by atoms with Crippen LogP contribution in [0.2, 0.25) is 0 Å². The smallest absolute Gasteiger partial charge is 0.427 e. The molecule has 0 radical (unpaired) electrons. The molecule has 0 saturated carbocycles. The van der Waals surface area contributed by atoms with Crippen molar-refractivity contribution >= 4 is 5.97 Å². The lowest BCUT2D eigenvalue weighted by Gasteiger charge is -2.35. The predicted molar refractivity (Wildman–Crippen MR) is 97.2 cm³/mol. The Morgan fingerprint density at radius 1 is 1.04 bits per heavy atom. The minimum absolute atomic E-state index is 0.183. The molecule has 1 heterocycles. The zero-order valence-corrected chi connectivity index (χ0v) is 15.3. The van der Waals surface area contributed by atoms with Crippen molar-refractivity contribution in [1.29, 1.82) is 0 Å². The Bertz CT molecular complexity index is 803. The maximum Gasteiger partial charge on any atom is 0.573 e. The lowest BCUT2D eigenvalue weighted by molar-refractivity contribution is -0.274. The van der Waals surface area contributed by atoms with Gasteiger partial charge in [0.1, 0.15) is 11.5 Å².